The fourth-order valence-electron chi connectivity index (χ4n) is 1.61. The fraction of sp³-hybridized carbons (Fsp3) is 0.385. The van der Waals surface area contributed by atoms with Crippen molar-refractivity contribution < 1.29 is 0 Å². The van der Waals surface area contributed by atoms with Crippen LogP contribution in [0.15, 0.2) is 18.2 Å². The van der Waals surface area contributed by atoms with Gasteiger partial charge in [0.05, 0.1) is 6.54 Å². The summed E-state index contributed by atoms with van der Waals surface area (Å²) in [5.41, 5.74) is 3.93. The average molecular weight is 187 g/mol. The summed E-state index contributed by atoms with van der Waals surface area (Å²) in [4.78, 5) is 0. The second-order valence-electron chi connectivity index (χ2n) is 3.22. The molecule has 1 N–H and O–H groups in total. The van der Waals surface area contributed by atoms with E-state index < -0.39 is 0 Å². The predicted molar refractivity (Wildman–Crippen MR) is 62.5 cm³/mol. The van der Waals surface area contributed by atoms with E-state index in [1.54, 1.807) is 0 Å². The molecule has 14 heavy (non-hydrogen) atoms. The summed E-state index contributed by atoms with van der Waals surface area (Å²) < 4.78 is 0. The van der Waals surface area contributed by atoms with Crippen LogP contribution in [-0.2, 0) is 12.8 Å². The zero-order valence-electron chi connectivity index (χ0n) is 8.93. The van der Waals surface area contributed by atoms with Crippen molar-refractivity contribution in [1.29, 1.82) is 0 Å². The van der Waals surface area contributed by atoms with Gasteiger partial charge in [-0.1, -0.05) is 38.0 Å². The monoisotopic (exact) mass is 187 g/mol. The van der Waals surface area contributed by atoms with Crippen molar-refractivity contribution in [3.8, 4) is 12.3 Å². The van der Waals surface area contributed by atoms with Gasteiger partial charge in [-0.25, -0.2) is 0 Å². The summed E-state index contributed by atoms with van der Waals surface area (Å²) in [6.45, 7) is 4.93. The zero-order chi connectivity index (χ0) is 10.4. The SMILES string of the molecule is C#CCNc1c(CC)cccc1CC. The Morgan fingerprint density at radius 2 is 1.79 bits per heavy atom. The molecule has 0 saturated heterocycles. The number of aryl methyl sites for hydroxylation is 2. The van der Waals surface area contributed by atoms with E-state index in [9.17, 15) is 0 Å². The second kappa shape index (κ2) is 5.34. The molecule has 0 spiro atoms. The van der Waals surface area contributed by atoms with E-state index in [-0.39, 0.29) is 0 Å². The standard InChI is InChI=1S/C13H17N/c1-4-10-14-13-11(5-2)8-7-9-12(13)6-3/h1,7-9,14H,5-6,10H2,2-3H3. The molecule has 0 amide bonds. The van der Waals surface area contributed by atoms with Crippen LogP contribution in [0.25, 0.3) is 0 Å². The topological polar surface area (TPSA) is 12.0 Å². The van der Waals surface area contributed by atoms with Crippen LogP contribution in [0.3, 0.4) is 0 Å². The Balaban J connectivity index is 3.00. The number of hydrogen-bond acceptors (Lipinski definition) is 1. The minimum atomic E-state index is 0.601. The first-order valence-electron chi connectivity index (χ1n) is 5.11. The zero-order valence-corrected chi connectivity index (χ0v) is 8.93. The first-order chi connectivity index (χ1) is 6.83. The van der Waals surface area contributed by atoms with Crippen molar-refractivity contribution in [1.82, 2.24) is 0 Å². The smallest absolute Gasteiger partial charge is 0.0763 e. The van der Waals surface area contributed by atoms with Gasteiger partial charge in [-0.2, -0.15) is 0 Å². The maximum atomic E-state index is 5.25. The first-order valence-corrected chi connectivity index (χ1v) is 5.11. The van der Waals surface area contributed by atoms with E-state index in [4.69, 9.17) is 6.42 Å². The number of terminal acetylenes is 1. The lowest BCUT2D eigenvalue weighted by atomic mass is 10.0. The summed E-state index contributed by atoms with van der Waals surface area (Å²) in [6, 6.07) is 6.41. The molecule has 0 unspecified atom stereocenters. The van der Waals surface area contributed by atoms with Gasteiger partial charge >= 0.3 is 0 Å². The van der Waals surface area contributed by atoms with Crippen molar-refractivity contribution in [3.05, 3.63) is 29.3 Å². The van der Waals surface area contributed by atoms with E-state index in [1.165, 1.54) is 16.8 Å². The predicted octanol–water partition coefficient (Wildman–Crippen LogP) is 2.86. The Hall–Kier alpha value is -1.42. The lowest BCUT2D eigenvalue weighted by Gasteiger charge is -2.13. The maximum Gasteiger partial charge on any atom is 0.0763 e. The van der Waals surface area contributed by atoms with Crippen LogP contribution in [0.1, 0.15) is 25.0 Å². The highest BCUT2D eigenvalue weighted by Crippen LogP contribution is 2.21. The highest BCUT2D eigenvalue weighted by atomic mass is 14.9. The molecular weight excluding hydrogens is 170 g/mol. The molecule has 0 radical (unpaired) electrons. The van der Waals surface area contributed by atoms with E-state index in [2.05, 4.69) is 43.3 Å². The van der Waals surface area contributed by atoms with Gasteiger partial charge in [-0.05, 0) is 24.0 Å². The molecule has 0 aromatic heterocycles. The Bertz CT molecular complexity index is 311. The molecule has 0 atom stereocenters. The summed E-state index contributed by atoms with van der Waals surface area (Å²) in [6.07, 6.45) is 7.33. The van der Waals surface area contributed by atoms with Crippen molar-refractivity contribution in [2.75, 3.05) is 11.9 Å². The first kappa shape index (κ1) is 10.7. The van der Waals surface area contributed by atoms with Crippen LogP contribution in [0, 0.1) is 12.3 Å². The quantitative estimate of drug-likeness (QED) is 0.715. The fourth-order valence-corrected chi connectivity index (χ4v) is 1.61. The van der Waals surface area contributed by atoms with E-state index in [1.807, 2.05) is 0 Å². The van der Waals surface area contributed by atoms with E-state index in [0.717, 1.165) is 12.8 Å². The number of nitrogens with one attached hydrogen (secondary N) is 1. The largest absolute Gasteiger partial charge is 0.374 e. The van der Waals surface area contributed by atoms with Crippen LogP contribution >= 0.6 is 0 Å². The normalized spacial score (nSPS) is 9.50. The Morgan fingerprint density at radius 3 is 2.21 bits per heavy atom. The number of para-hydroxylation sites is 1. The third kappa shape index (κ3) is 2.29. The number of benzene rings is 1. The Morgan fingerprint density at radius 1 is 1.21 bits per heavy atom. The van der Waals surface area contributed by atoms with Gasteiger partial charge < -0.3 is 5.32 Å². The number of hydrogen-bond donors (Lipinski definition) is 1. The van der Waals surface area contributed by atoms with Crippen LogP contribution in [0.2, 0.25) is 0 Å². The summed E-state index contributed by atoms with van der Waals surface area (Å²) in [5, 5.41) is 3.30. The molecule has 0 saturated carbocycles. The van der Waals surface area contributed by atoms with Crippen LogP contribution < -0.4 is 5.32 Å². The third-order valence-electron chi connectivity index (χ3n) is 2.37. The van der Waals surface area contributed by atoms with Gasteiger partial charge in [0.25, 0.3) is 0 Å². The maximum absolute atomic E-state index is 5.25. The van der Waals surface area contributed by atoms with Crippen LogP contribution in [0.5, 0.6) is 0 Å². The molecule has 0 aliphatic carbocycles. The molecule has 1 rings (SSSR count). The van der Waals surface area contributed by atoms with Crippen molar-refractivity contribution in [2.45, 2.75) is 26.7 Å². The highest BCUT2D eigenvalue weighted by molar-refractivity contribution is 5.58. The Labute approximate surface area is 86.5 Å². The third-order valence-corrected chi connectivity index (χ3v) is 2.37. The summed E-state index contributed by atoms with van der Waals surface area (Å²) in [5.74, 6) is 2.61. The van der Waals surface area contributed by atoms with Gasteiger partial charge in [-0.3, -0.25) is 0 Å². The Kier molecular flexibility index (Phi) is 4.07. The van der Waals surface area contributed by atoms with Gasteiger partial charge in [0, 0.05) is 5.69 Å². The van der Waals surface area contributed by atoms with Gasteiger partial charge in [0.15, 0.2) is 0 Å². The molecule has 0 fully saturated rings. The van der Waals surface area contributed by atoms with E-state index in [0.29, 0.717) is 6.54 Å². The minimum absolute atomic E-state index is 0.601. The highest BCUT2D eigenvalue weighted by Gasteiger charge is 2.03. The molecule has 1 nitrogen and oxygen atoms in total. The molecule has 1 heteroatoms. The molecule has 1 aromatic rings. The van der Waals surface area contributed by atoms with Gasteiger partial charge in [0.1, 0.15) is 0 Å². The molecule has 0 aliphatic rings. The van der Waals surface area contributed by atoms with Gasteiger partial charge in [-0.15, -0.1) is 6.42 Å². The van der Waals surface area contributed by atoms with Crippen LogP contribution in [-0.4, -0.2) is 6.54 Å². The lowest BCUT2D eigenvalue weighted by molar-refractivity contribution is 1.08. The molecule has 0 heterocycles. The minimum Gasteiger partial charge on any atom is -0.374 e. The lowest BCUT2D eigenvalue weighted by Crippen LogP contribution is -2.04. The average Bonchev–Trinajstić information content (AvgIpc) is 2.25. The van der Waals surface area contributed by atoms with Crippen molar-refractivity contribution >= 4 is 5.69 Å². The van der Waals surface area contributed by atoms with Gasteiger partial charge in [0.2, 0.25) is 0 Å². The molecule has 0 bridgehead atoms. The van der Waals surface area contributed by atoms with Crippen molar-refractivity contribution in [2.24, 2.45) is 0 Å². The summed E-state index contributed by atoms with van der Waals surface area (Å²) >= 11 is 0. The van der Waals surface area contributed by atoms with Crippen molar-refractivity contribution in [3.63, 3.8) is 0 Å². The van der Waals surface area contributed by atoms with E-state index >= 15 is 0 Å². The number of rotatable bonds is 4. The number of anilines is 1. The molecular formula is C13H17N. The van der Waals surface area contributed by atoms with Crippen LogP contribution in [0.4, 0.5) is 5.69 Å². The second-order valence-corrected chi connectivity index (χ2v) is 3.22. The molecule has 74 valence electrons. The summed E-state index contributed by atoms with van der Waals surface area (Å²) in [7, 11) is 0. The molecule has 1 aromatic carbocycles. The molecule has 0 aliphatic heterocycles.